The Bertz CT molecular complexity index is 2330. The Balaban J connectivity index is 1.31. The molecule has 0 bridgehead atoms. The normalized spacial score (nSPS) is 21.8. The molecule has 9 rings (SSSR count). The van der Waals surface area contributed by atoms with Crippen LogP contribution in [0.5, 0.6) is 0 Å². The molecule has 2 radical (unpaired) electrons. The van der Waals surface area contributed by atoms with Gasteiger partial charge < -0.3 is 9.84 Å². The molecule has 6 aromatic carbocycles. The van der Waals surface area contributed by atoms with Gasteiger partial charge in [0.25, 0.3) is 0 Å². The van der Waals surface area contributed by atoms with E-state index >= 15 is 0 Å². The molecule has 6 aromatic rings. The number of hydrogen-bond acceptors (Lipinski definition) is 2. The standard InChI is InChI=1S/C45H37BO2/c1-42(2)34-14-8-6-12-30(34)32-21-18-27(24-39(32)42)44(47)36-16-10-11-17-38(36)45(48-5,41-26-29(46)20-23-37(41)44)28-19-22-33-31-13-7-9-15-35(31)43(3,4)40(33)25-28/h6-26,47H,1-5H3. The maximum absolute atomic E-state index is 13.4. The average Bonchev–Trinajstić information content (AvgIpc) is 3.48. The maximum Gasteiger partial charge on any atom is 0.144 e. The smallest absolute Gasteiger partial charge is 0.144 e. The molecule has 2 unspecified atom stereocenters. The van der Waals surface area contributed by atoms with E-state index in [-0.39, 0.29) is 10.8 Å². The third kappa shape index (κ3) is 3.51. The molecule has 3 heteroatoms. The Labute approximate surface area is 284 Å². The summed E-state index contributed by atoms with van der Waals surface area (Å²) < 4.78 is 6.79. The van der Waals surface area contributed by atoms with Crippen molar-refractivity contribution < 1.29 is 9.84 Å². The van der Waals surface area contributed by atoms with E-state index in [1.807, 2.05) is 30.3 Å². The highest BCUT2D eigenvalue weighted by molar-refractivity contribution is 6.32. The number of methoxy groups -OCH3 is 1. The number of hydrogen-bond donors (Lipinski definition) is 1. The predicted octanol–water partition coefficient (Wildman–Crippen LogP) is 8.63. The fraction of sp³-hybridized carbons (Fsp3) is 0.200. The molecule has 0 fully saturated rings. The van der Waals surface area contributed by atoms with Crippen LogP contribution in [-0.4, -0.2) is 20.1 Å². The molecule has 2 nitrogen and oxygen atoms in total. The van der Waals surface area contributed by atoms with Gasteiger partial charge in [-0.1, -0.05) is 161 Å². The molecule has 1 N–H and O–H groups in total. The van der Waals surface area contributed by atoms with E-state index in [1.165, 1.54) is 44.5 Å². The maximum atomic E-state index is 13.4. The molecule has 0 aliphatic heterocycles. The van der Waals surface area contributed by atoms with Gasteiger partial charge in [-0.15, -0.1) is 0 Å². The number of rotatable bonds is 3. The predicted molar refractivity (Wildman–Crippen MR) is 195 cm³/mol. The number of fused-ring (bicyclic) bond motifs is 8. The van der Waals surface area contributed by atoms with Crippen molar-refractivity contribution in [1.29, 1.82) is 0 Å². The Morgan fingerprint density at radius 3 is 1.50 bits per heavy atom. The molecular formula is C45H37BO2. The molecule has 0 amide bonds. The monoisotopic (exact) mass is 620 g/mol. The van der Waals surface area contributed by atoms with Crippen LogP contribution in [0.3, 0.4) is 0 Å². The van der Waals surface area contributed by atoms with Crippen molar-refractivity contribution in [2.75, 3.05) is 7.11 Å². The van der Waals surface area contributed by atoms with E-state index in [0.717, 1.165) is 33.4 Å². The minimum atomic E-state index is -1.45. The van der Waals surface area contributed by atoms with Crippen molar-refractivity contribution in [2.45, 2.75) is 49.7 Å². The van der Waals surface area contributed by atoms with Crippen LogP contribution in [0, 0.1) is 0 Å². The lowest BCUT2D eigenvalue weighted by Crippen LogP contribution is -2.46. The van der Waals surface area contributed by atoms with Gasteiger partial charge in [-0.2, -0.15) is 0 Å². The Morgan fingerprint density at radius 1 is 0.458 bits per heavy atom. The summed E-state index contributed by atoms with van der Waals surface area (Å²) in [4.78, 5) is 0. The van der Waals surface area contributed by atoms with Gasteiger partial charge in [-0.25, -0.2) is 0 Å². The fourth-order valence-corrected chi connectivity index (χ4v) is 9.38. The average molecular weight is 621 g/mol. The highest BCUT2D eigenvalue weighted by Gasteiger charge is 2.53. The van der Waals surface area contributed by atoms with Gasteiger partial charge >= 0.3 is 0 Å². The molecule has 2 atom stereocenters. The summed E-state index contributed by atoms with van der Waals surface area (Å²) in [7, 11) is 8.37. The first kappa shape index (κ1) is 29.4. The Morgan fingerprint density at radius 2 is 0.917 bits per heavy atom. The van der Waals surface area contributed by atoms with Crippen molar-refractivity contribution in [2.24, 2.45) is 0 Å². The third-order valence-corrected chi connectivity index (χ3v) is 11.8. The van der Waals surface area contributed by atoms with Crippen LogP contribution >= 0.6 is 0 Å². The molecule has 0 heterocycles. The van der Waals surface area contributed by atoms with E-state index in [0.29, 0.717) is 5.46 Å². The first-order valence-corrected chi connectivity index (χ1v) is 16.8. The lowest BCUT2D eigenvalue weighted by Gasteiger charge is -2.47. The first-order chi connectivity index (χ1) is 23.0. The van der Waals surface area contributed by atoms with Crippen LogP contribution in [0.1, 0.15) is 83.3 Å². The van der Waals surface area contributed by atoms with E-state index in [1.54, 1.807) is 7.11 Å². The van der Waals surface area contributed by atoms with Crippen LogP contribution in [-0.2, 0) is 26.8 Å². The van der Waals surface area contributed by atoms with Gasteiger partial charge in [0.05, 0.1) is 0 Å². The summed E-state index contributed by atoms with van der Waals surface area (Å²) in [6.45, 7) is 9.15. The highest BCUT2D eigenvalue weighted by Crippen LogP contribution is 2.58. The third-order valence-electron chi connectivity index (χ3n) is 11.8. The summed E-state index contributed by atoms with van der Waals surface area (Å²) in [6.07, 6.45) is 0. The van der Waals surface area contributed by atoms with E-state index in [9.17, 15) is 5.11 Å². The van der Waals surface area contributed by atoms with Gasteiger partial charge in [-0.05, 0) is 77.9 Å². The van der Waals surface area contributed by atoms with Crippen molar-refractivity contribution in [1.82, 2.24) is 0 Å². The summed E-state index contributed by atoms with van der Waals surface area (Å²) in [6, 6.07) is 44.7. The minimum absolute atomic E-state index is 0.181. The van der Waals surface area contributed by atoms with Gasteiger partial charge in [0, 0.05) is 17.9 Å². The van der Waals surface area contributed by atoms with E-state index in [2.05, 4.69) is 125 Å². The van der Waals surface area contributed by atoms with Crippen LogP contribution in [0.15, 0.2) is 127 Å². The zero-order chi connectivity index (χ0) is 33.2. The van der Waals surface area contributed by atoms with Crippen molar-refractivity contribution in [3.8, 4) is 22.3 Å². The van der Waals surface area contributed by atoms with Gasteiger partial charge in [0.15, 0.2) is 0 Å². The quantitative estimate of drug-likeness (QED) is 0.201. The van der Waals surface area contributed by atoms with Crippen molar-refractivity contribution >= 4 is 13.3 Å². The Hall–Kier alpha value is -4.70. The second-order valence-electron chi connectivity index (χ2n) is 14.8. The molecule has 0 saturated carbocycles. The van der Waals surface area contributed by atoms with Gasteiger partial charge in [-0.3, -0.25) is 0 Å². The number of ether oxygens (including phenoxy) is 1. The van der Waals surface area contributed by atoms with Crippen molar-refractivity contribution in [3.63, 3.8) is 0 Å². The second-order valence-corrected chi connectivity index (χ2v) is 14.8. The SMILES string of the molecule is [B]c1ccc2c(c1)C(OC)(c1ccc3c(c1)C(C)(C)c1ccccc1-3)c1ccccc1C2(O)c1ccc2c(c1)C(C)(C)c1ccccc1-2. The first-order valence-electron chi connectivity index (χ1n) is 16.8. The number of benzene rings is 6. The molecule has 0 spiro atoms. The highest BCUT2D eigenvalue weighted by atomic mass is 16.5. The number of aliphatic hydroxyl groups is 1. The summed E-state index contributed by atoms with van der Waals surface area (Å²) in [5, 5.41) is 13.4. The molecule has 3 aliphatic rings. The zero-order valence-corrected chi connectivity index (χ0v) is 28.1. The van der Waals surface area contributed by atoms with Crippen LogP contribution in [0.4, 0.5) is 0 Å². The minimum Gasteiger partial charge on any atom is -0.376 e. The van der Waals surface area contributed by atoms with Crippen molar-refractivity contribution in [3.05, 3.63) is 183 Å². The second kappa shape index (κ2) is 9.69. The van der Waals surface area contributed by atoms with Crippen LogP contribution in [0.25, 0.3) is 22.3 Å². The largest absolute Gasteiger partial charge is 0.376 e. The zero-order valence-electron chi connectivity index (χ0n) is 28.1. The van der Waals surface area contributed by atoms with E-state index < -0.39 is 11.2 Å². The fourth-order valence-electron chi connectivity index (χ4n) is 9.38. The molecule has 3 aliphatic carbocycles. The molecule has 48 heavy (non-hydrogen) atoms. The topological polar surface area (TPSA) is 29.5 Å². The molecule has 0 aromatic heterocycles. The lowest BCUT2D eigenvalue weighted by atomic mass is 9.62. The summed E-state index contributed by atoms with van der Waals surface area (Å²) >= 11 is 0. The van der Waals surface area contributed by atoms with Gasteiger partial charge in [0.2, 0.25) is 0 Å². The van der Waals surface area contributed by atoms with Crippen LogP contribution < -0.4 is 5.46 Å². The molecule has 0 saturated heterocycles. The molecular weight excluding hydrogens is 583 g/mol. The Kier molecular flexibility index (Phi) is 5.94. The van der Waals surface area contributed by atoms with Crippen LogP contribution in [0.2, 0.25) is 0 Å². The summed E-state index contributed by atoms with van der Waals surface area (Å²) in [5.41, 5.74) is 13.1. The molecule has 232 valence electrons. The lowest BCUT2D eigenvalue weighted by molar-refractivity contribution is 0.0352. The van der Waals surface area contributed by atoms with E-state index in [4.69, 9.17) is 12.6 Å². The summed E-state index contributed by atoms with van der Waals surface area (Å²) in [5.74, 6) is 0. The van der Waals surface area contributed by atoms with Gasteiger partial charge in [0.1, 0.15) is 19.0 Å².